The van der Waals surface area contributed by atoms with Gasteiger partial charge >= 0.3 is 0 Å². The first-order chi connectivity index (χ1) is 9.79. The zero-order valence-corrected chi connectivity index (χ0v) is 13.5. The summed E-state index contributed by atoms with van der Waals surface area (Å²) in [5.41, 5.74) is 0. The van der Waals surface area contributed by atoms with Gasteiger partial charge in [0.2, 0.25) is 0 Å². The van der Waals surface area contributed by atoms with Gasteiger partial charge in [-0.05, 0) is 52.0 Å². The van der Waals surface area contributed by atoms with Crippen molar-refractivity contribution in [3.05, 3.63) is 5.82 Å². The second-order valence-electron chi connectivity index (χ2n) is 6.17. The zero-order valence-electron chi connectivity index (χ0n) is 12.6. The molecule has 0 saturated heterocycles. The van der Waals surface area contributed by atoms with Gasteiger partial charge in [-0.2, -0.15) is 0 Å². The lowest BCUT2D eigenvalue weighted by Crippen LogP contribution is -2.25. The van der Waals surface area contributed by atoms with E-state index >= 15 is 0 Å². The van der Waals surface area contributed by atoms with Gasteiger partial charge in [0.15, 0.2) is 5.16 Å². The Kier molecular flexibility index (Phi) is 4.66. The monoisotopic (exact) mass is 294 g/mol. The third-order valence-corrected chi connectivity index (χ3v) is 5.14. The maximum Gasteiger partial charge on any atom is 0.191 e. The largest absolute Gasteiger partial charge is 0.315 e. The molecule has 2 fully saturated rings. The Morgan fingerprint density at radius 2 is 2.10 bits per heavy atom. The molecule has 0 aromatic carbocycles. The molecule has 1 N–H and O–H groups in total. The molecule has 2 saturated carbocycles. The Balaban J connectivity index is 1.50. The molecule has 112 valence electrons. The maximum absolute atomic E-state index is 4.46. The molecule has 0 bridgehead atoms. The number of rotatable bonds is 9. The summed E-state index contributed by atoms with van der Waals surface area (Å²) in [6.45, 7) is 5.50. The van der Waals surface area contributed by atoms with Crippen LogP contribution in [0.1, 0.15) is 70.2 Å². The molecule has 5 heteroatoms. The number of nitrogens with zero attached hydrogens (tertiary/aromatic N) is 3. The summed E-state index contributed by atoms with van der Waals surface area (Å²) in [6, 6.07) is 1.34. The zero-order chi connectivity index (χ0) is 13.9. The summed E-state index contributed by atoms with van der Waals surface area (Å²) in [6.07, 6.45) is 7.76. The quantitative estimate of drug-likeness (QED) is 0.560. The van der Waals surface area contributed by atoms with Gasteiger partial charge in [-0.1, -0.05) is 18.7 Å². The highest BCUT2D eigenvalue weighted by atomic mass is 32.2. The lowest BCUT2D eigenvalue weighted by Gasteiger charge is -2.11. The van der Waals surface area contributed by atoms with Crippen molar-refractivity contribution in [1.29, 1.82) is 0 Å². The number of nitrogens with one attached hydrogen (secondary N) is 1. The number of aromatic nitrogens is 3. The average Bonchev–Trinajstić information content (AvgIpc) is 3.34. The van der Waals surface area contributed by atoms with Crippen LogP contribution >= 0.6 is 11.8 Å². The van der Waals surface area contributed by atoms with Crippen molar-refractivity contribution in [3.63, 3.8) is 0 Å². The van der Waals surface area contributed by atoms with Crippen LogP contribution in [-0.2, 0) is 0 Å². The van der Waals surface area contributed by atoms with Crippen LogP contribution in [0.2, 0.25) is 0 Å². The topological polar surface area (TPSA) is 42.7 Å². The molecular weight excluding hydrogens is 268 g/mol. The minimum Gasteiger partial charge on any atom is -0.315 e. The van der Waals surface area contributed by atoms with Crippen molar-refractivity contribution in [2.24, 2.45) is 0 Å². The normalized spacial score (nSPS) is 20.3. The highest BCUT2D eigenvalue weighted by molar-refractivity contribution is 7.99. The predicted molar refractivity (Wildman–Crippen MR) is 83.4 cm³/mol. The molecule has 1 atom stereocenters. The lowest BCUT2D eigenvalue weighted by molar-refractivity contribution is 0.526. The van der Waals surface area contributed by atoms with Gasteiger partial charge in [0.05, 0.1) is 0 Å². The minimum atomic E-state index is 0.629. The van der Waals surface area contributed by atoms with E-state index < -0.39 is 0 Å². The van der Waals surface area contributed by atoms with Crippen molar-refractivity contribution in [1.82, 2.24) is 20.1 Å². The van der Waals surface area contributed by atoms with Crippen LogP contribution in [-0.4, -0.2) is 33.1 Å². The molecule has 4 nitrogen and oxygen atoms in total. The molecule has 2 aliphatic rings. The predicted octanol–water partition coefficient (Wildman–Crippen LogP) is 3.36. The Bertz CT molecular complexity index is 437. The van der Waals surface area contributed by atoms with E-state index in [0.29, 0.717) is 18.0 Å². The van der Waals surface area contributed by atoms with Crippen LogP contribution in [0.3, 0.4) is 0 Å². The molecule has 1 unspecified atom stereocenters. The Hall–Kier alpha value is -0.550. The molecule has 3 rings (SSSR count). The van der Waals surface area contributed by atoms with Gasteiger partial charge in [-0.3, -0.25) is 0 Å². The number of hydrogen-bond donors (Lipinski definition) is 1. The molecular formula is C15H26N4S. The van der Waals surface area contributed by atoms with Gasteiger partial charge in [-0.25, -0.2) is 0 Å². The highest BCUT2D eigenvalue weighted by Gasteiger charge is 2.36. The smallest absolute Gasteiger partial charge is 0.191 e. The summed E-state index contributed by atoms with van der Waals surface area (Å²) in [5.74, 6) is 3.15. The summed E-state index contributed by atoms with van der Waals surface area (Å²) >= 11 is 1.90. The summed E-state index contributed by atoms with van der Waals surface area (Å²) in [4.78, 5) is 0. The van der Waals surface area contributed by atoms with Crippen LogP contribution in [0.4, 0.5) is 0 Å². The highest BCUT2D eigenvalue weighted by Crippen LogP contribution is 2.46. The Labute approximate surface area is 126 Å². The van der Waals surface area contributed by atoms with Crippen LogP contribution < -0.4 is 5.32 Å². The maximum atomic E-state index is 4.46. The second kappa shape index (κ2) is 6.48. The second-order valence-corrected chi connectivity index (χ2v) is 7.23. The van der Waals surface area contributed by atoms with Crippen LogP contribution in [0.5, 0.6) is 0 Å². The standard InChI is InChI=1S/C15H26N4S/c1-3-16-11(2)5-4-10-20-15-18-17-14(12-6-7-12)19(15)13-8-9-13/h11-13,16H,3-10H2,1-2H3. The fourth-order valence-electron chi connectivity index (χ4n) is 2.69. The number of thioether (sulfide) groups is 1. The van der Waals surface area contributed by atoms with Gasteiger partial charge in [0.25, 0.3) is 0 Å². The van der Waals surface area contributed by atoms with Crippen molar-refractivity contribution < 1.29 is 0 Å². The molecule has 2 aliphatic carbocycles. The lowest BCUT2D eigenvalue weighted by atomic mass is 10.2. The van der Waals surface area contributed by atoms with E-state index in [1.807, 2.05) is 11.8 Å². The molecule has 0 aliphatic heterocycles. The van der Waals surface area contributed by atoms with Crippen molar-refractivity contribution >= 4 is 11.8 Å². The fourth-order valence-corrected chi connectivity index (χ4v) is 3.66. The minimum absolute atomic E-state index is 0.629. The van der Waals surface area contributed by atoms with E-state index in [1.54, 1.807) is 0 Å². The first-order valence-electron chi connectivity index (χ1n) is 8.10. The summed E-state index contributed by atoms with van der Waals surface area (Å²) < 4.78 is 2.45. The fraction of sp³-hybridized carbons (Fsp3) is 0.867. The van der Waals surface area contributed by atoms with E-state index in [4.69, 9.17) is 0 Å². The van der Waals surface area contributed by atoms with Crippen molar-refractivity contribution in [3.8, 4) is 0 Å². The number of hydrogen-bond acceptors (Lipinski definition) is 4. The van der Waals surface area contributed by atoms with Crippen molar-refractivity contribution in [2.75, 3.05) is 12.3 Å². The van der Waals surface area contributed by atoms with Crippen LogP contribution in [0.15, 0.2) is 5.16 Å². The van der Waals surface area contributed by atoms with E-state index in [1.165, 1.54) is 49.5 Å². The molecule has 1 heterocycles. The first kappa shape index (κ1) is 14.4. The first-order valence-corrected chi connectivity index (χ1v) is 9.09. The Morgan fingerprint density at radius 1 is 1.30 bits per heavy atom. The third kappa shape index (κ3) is 3.55. The summed E-state index contributed by atoms with van der Waals surface area (Å²) in [7, 11) is 0. The van der Waals surface area contributed by atoms with Gasteiger partial charge < -0.3 is 9.88 Å². The van der Waals surface area contributed by atoms with E-state index in [2.05, 4.69) is 33.9 Å². The van der Waals surface area contributed by atoms with E-state index in [0.717, 1.165) is 12.3 Å². The molecule has 0 amide bonds. The molecule has 0 spiro atoms. The van der Waals surface area contributed by atoms with Crippen LogP contribution in [0, 0.1) is 0 Å². The van der Waals surface area contributed by atoms with E-state index in [-0.39, 0.29) is 0 Å². The van der Waals surface area contributed by atoms with Gasteiger partial charge in [0, 0.05) is 23.8 Å². The summed E-state index contributed by atoms with van der Waals surface area (Å²) in [5, 5.41) is 13.6. The third-order valence-electron chi connectivity index (χ3n) is 4.11. The van der Waals surface area contributed by atoms with Crippen molar-refractivity contribution in [2.45, 2.75) is 75.5 Å². The molecule has 20 heavy (non-hydrogen) atoms. The average molecular weight is 294 g/mol. The van der Waals surface area contributed by atoms with E-state index in [9.17, 15) is 0 Å². The van der Waals surface area contributed by atoms with Gasteiger partial charge in [0.1, 0.15) is 5.82 Å². The molecule has 1 aromatic heterocycles. The molecule has 1 aromatic rings. The van der Waals surface area contributed by atoms with Crippen LogP contribution in [0.25, 0.3) is 0 Å². The Morgan fingerprint density at radius 3 is 2.75 bits per heavy atom. The SMILES string of the molecule is CCNC(C)CCCSc1nnc(C2CC2)n1C1CC1. The molecule has 0 radical (unpaired) electrons. The van der Waals surface area contributed by atoms with Gasteiger partial charge in [-0.15, -0.1) is 10.2 Å².